The van der Waals surface area contributed by atoms with Gasteiger partial charge in [-0.1, -0.05) is 6.07 Å². The molecule has 0 spiro atoms. The predicted molar refractivity (Wildman–Crippen MR) is 75.4 cm³/mol. The first-order valence-electron chi connectivity index (χ1n) is 6.23. The molecule has 8 heteroatoms. The first kappa shape index (κ1) is 15.4. The zero-order valence-corrected chi connectivity index (χ0v) is 11.8. The molecule has 0 bridgehead atoms. The van der Waals surface area contributed by atoms with Crippen LogP contribution in [0.3, 0.4) is 0 Å². The van der Waals surface area contributed by atoms with Crippen molar-refractivity contribution in [2.24, 2.45) is 4.99 Å². The van der Waals surface area contributed by atoms with Gasteiger partial charge in [-0.25, -0.2) is 9.79 Å². The second kappa shape index (κ2) is 6.17. The summed E-state index contributed by atoms with van der Waals surface area (Å²) in [5.41, 5.74) is 0.381. The number of nitro groups is 1. The zero-order chi connectivity index (χ0) is 16.3. The van der Waals surface area contributed by atoms with Gasteiger partial charge in [-0.05, 0) is 25.1 Å². The maximum absolute atomic E-state index is 12.1. The quantitative estimate of drug-likeness (QED) is 0.472. The number of esters is 1. The number of amides is 1. The summed E-state index contributed by atoms with van der Waals surface area (Å²) in [6.45, 7) is 1.48. The molecule has 0 radical (unpaired) electrons. The fourth-order valence-electron chi connectivity index (χ4n) is 1.87. The second-order valence-electron chi connectivity index (χ2n) is 4.45. The summed E-state index contributed by atoms with van der Waals surface area (Å²) in [5.74, 6) is -1.71. The van der Waals surface area contributed by atoms with E-state index in [0.717, 1.165) is 0 Å². The van der Waals surface area contributed by atoms with E-state index in [1.165, 1.54) is 32.2 Å². The van der Waals surface area contributed by atoms with Crippen molar-refractivity contribution in [3.63, 3.8) is 0 Å². The first-order valence-corrected chi connectivity index (χ1v) is 6.23. The molecule has 1 unspecified atom stereocenters. The maximum atomic E-state index is 12.1. The highest BCUT2D eigenvalue weighted by Gasteiger charge is 2.39. The zero-order valence-electron chi connectivity index (χ0n) is 11.8. The Morgan fingerprint density at radius 1 is 1.41 bits per heavy atom. The molecule has 1 aliphatic rings. The average Bonchev–Trinajstić information content (AvgIpc) is 2.46. The fraction of sp³-hybridized carbons (Fsp3) is 0.214. The molecule has 0 aromatic heterocycles. The minimum absolute atomic E-state index is 0.148. The van der Waals surface area contributed by atoms with Crippen molar-refractivity contribution in [2.45, 2.75) is 13.0 Å². The number of carbonyl (C=O) groups is 2. The Morgan fingerprint density at radius 2 is 2.14 bits per heavy atom. The summed E-state index contributed by atoms with van der Waals surface area (Å²) in [4.78, 5) is 37.3. The maximum Gasteiger partial charge on any atom is 0.348 e. The fourth-order valence-corrected chi connectivity index (χ4v) is 1.87. The Hall–Kier alpha value is -3.03. The molecule has 1 aliphatic heterocycles. The van der Waals surface area contributed by atoms with Crippen LogP contribution in [0.15, 0.2) is 41.1 Å². The molecule has 0 N–H and O–H groups in total. The molecule has 0 saturated heterocycles. The number of nitrogens with zero attached hydrogens (tertiary/aromatic N) is 2. The summed E-state index contributed by atoms with van der Waals surface area (Å²) in [6, 6.07) is 4.30. The lowest BCUT2D eigenvalue weighted by molar-refractivity contribution is -0.501. The summed E-state index contributed by atoms with van der Waals surface area (Å²) in [7, 11) is 1.44. The van der Waals surface area contributed by atoms with Crippen molar-refractivity contribution in [2.75, 3.05) is 7.11 Å². The van der Waals surface area contributed by atoms with Crippen molar-refractivity contribution in [1.29, 1.82) is 0 Å². The van der Waals surface area contributed by atoms with E-state index in [-0.39, 0.29) is 17.0 Å². The van der Waals surface area contributed by atoms with E-state index in [1.807, 2.05) is 0 Å². The largest absolute Gasteiger partial charge is 0.497 e. The van der Waals surface area contributed by atoms with Gasteiger partial charge in [0.1, 0.15) is 5.75 Å². The van der Waals surface area contributed by atoms with Crippen molar-refractivity contribution in [3.8, 4) is 5.75 Å². The minimum Gasteiger partial charge on any atom is -0.497 e. The Kier molecular flexibility index (Phi) is 4.31. The monoisotopic (exact) mass is 304 g/mol. The highest BCUT2D eigenvalue weighted by molar-refractivity contribution is 6.06. The van der Waals surface area contributed by atoms with Crippen LogP contribution < -0.4 is 4.74 Å². The number of hydrogen-bond donors (Lipinski definition) is 0. The van der Waals surface area contributed by atoms with Crippen molar-refractivity contribution < 1.29 is 24.0 Å². The Labute approximate surface area is 125 Å². The molecule has 1 heterocycles. The minimum atomic E-state index is -1.81. The van der Waals surface area contributed by atoms with Crippen LogP contribution >= 0.6 is 0 Å². The van der Waals surface area contributed by atoms with Crippen LogP contribution in [0.5, 0.6) is 5.75 Å². The first-order chi connectivity index (χ1) is 10.4. The Balaban J connectivity index is 2.27. The lowest BCUT2D eigenvalue weighted by Gasteiger charge is -2.14. The molecule has 0 aliphatic carbocycles. The number of rotatable bonds is 4. The van der Waals surface area contributed by atoms with Crippen LogP contribution in [0.4, 0.5) is 0 Å². The van der Waals surface area contributed by atoms with Crippen LogP contribution in [0.2, 0.25) is 0 Å². The van der Waals surface area contributed by atoms with Gasteiger partial charge in [0.2, 0.25) is 0 Å². The topological polar surface area (TPSA) is 108 Å². The van der Waals surface area contributed by atoms with Crippen molar-refractivity contribution in [1.82, 2.24) is 0 Å². The predicted octanol–water partition coefficient (Wildman–Crippen LogP) is 1.38. The van der Waals surface area contributed by atoms with Crippen molar-refractivity contribution >= 4 is 17.6 Å². The average molecular weight is 304 g/mol. The van der Waals surface area contributed by atoms with Gasteiger partial charge in [-0.15, -0.1) is 0 Å². The van der Waals surface area contributed by atoms with Gasteiger partial charge in [0.05, 0.1) is 12.7 Å². The van der Waals surface area contributed by atoms with E-state index in [4.69, 9.17) is 9.47 Å². The number of ether oxygens (including phenoxy) is 2. The molecule has 0 fully saturated rings. The van der Waals surface area contributed by atoms with Crippen LogP contribution in [-0.4, -0.2) is 35.7 Å². The number of allylic oxidation sites excluding steroid dienone is 1. The molecule has 2 rings (SSSR count). The van der Waals surface area contributed by atoms with Gasteiger partial charge in [0.15, 0.2) is 5.76 Å². The van der Waals surface area contributed by atoms with Gasteiger partial charge < -0.3 is 9.47 Å². The Bertz CT molecular complexity index is 707. The molecule has 1 amide bonds. The molecule has 114 valence electrons. The van der Waals surface area contributed by atoms with Crippen LogP contribution in [0.25, 0.3) is 0 Å². The van der Waals surface area contributed by atoms with Gasteiger partial charge in [0.25, 0.3) is 0 Å². The summed E-state index contributed by atoms with van der Waals surface area (Å²) < 4.78 is 10.00. The van der Waals surface area contributed by atoms with E-state index in [9.17, 15) is 19.7 Å². The number of benzene rings is 1. The third kappa shape index (κ3) is 3.17. The van der Waals surface area contributed by atoms with Crippen LogP contribution in [0.1, 0.15) is 17.3 Å². The standard InChI is InChI=1S/C14H12N2O6/c1-8-6-11(12(16(19)20)13(17)15-8)22-14(18)9-4-3-5-10(7-9)21-2/h3-7,12H,1-2H3. The number of aliphatic imine (C=N–C) groups is 1. The molecule has 1 aromatic carbocycles. The smallest absolute Gasteiger partial charge is 0.348 e. The van der Waals surface area contributed by atoms with Crippen molar-refractivity contribution in [3.05, 3.63) is 51.8 Å². The lowest BCUT2D eigenvalue weighted by Crippen LogP contribution is -2.35. The Morgan fingerprint density at radius 3 is 2.77 bits per heavy atom. The molecule has 1 atom stereocenters. The van der Waals surface area contributed by atoms with E-state index < -0.39 is 22.8 Å². The van der Waals surface area contributed by atoms with Gasteiger partial charge in [0, 0.05) is 16.7 Å². The molecular formula is C14H12N2O6. The molecule has 8 nitrogen and oxygen atoms in total. The lowest BCUT2D eigenvalue weighted by atomic mass is 10.1. The summed E-state index contributed by atoms with van der Waals surface area (Å²) in [5, 5.41) is 11.0. The summed E-state index contributed by atoms with van der Waals surface area (Å²) in [6.07, 6.45) is 1.20. The molecule has 0 saturated carbocycles. The highest BCUT2D eigenvalue weighted by Crippen LogP contribution is 2.19. The van der Waals surface area contributed by atoms with Gasteiger partial charge >= 0.3 is 17.9 Å². The number of carbonyl (C=O) groups excluding carboxylic acids is 2. The SMILES string of the molecule is COc1cccc(C(=O)OC2=CC(C)=NC(=O)C2[N+](=O)[O-])c1. The number of methoxy groups -OCH3 is 1. The van der Waals surface area contributed by atoms with Crippen LogP contribution in [0, 0.1) is 10.1 Å². The van der Waals surface area contributed by atoms with Crippen LogP contribution in [-0.2, 0) is 9.53 Å². The van der Waals surface area contributed by atoms with E-state index in [1.54, 1.807) is 12.1 Å². The third-order valence-corrected chi connectivity index (χ3v) is 2.87. The molecular weight excluding hydrogens is 292 g/mol. The molecule has 22 heavy (non-hydrogen) atoms. The van der Waals surface area contributed by atoms with E-state index >= 15 is 0 Å². The number of dihydropyridines is 1. The van der Waals surface area contributed by atoms with Gasteiger partial charge in [-0.2, -0.15) is 0 Å². The number of hydrogen-bond acceptors (Lipinski definition) is 6. The summed E-state index contributed by atoms with van der Waals surface area (Å²) >= 11 is 0. The second-order valence-corrected chi connectivity index (χ2v) is 4.45. The normalized spacial score (nSPS) is 17.4. The van der Waals surface area contributed by atoms with E-state index in [0.29, 0.717) is 5.75 Å². The third-order valence-electron chi connectivity index (χ3n) is 2.87. The highest BCUT2D eigenvalue weighted by atomic mass is 16.6. The molecule has 1 aromatic rings. The van der Waals surface area contributed by atoms with Gasteiger partial charge in [-0.3, -0.25) is 14.9 Å². The van der Waals surface area contributed by atoms with E-state index in [2.05, 4.69) is 4.99 Å².